The third-order valence-electron chi connectivity index (χ3n) is 7.48. The molecule has 0 bridgehead atoms. The monoisotopic (exact) mass is 708 g/mol. The Balaban J connectivity index is 1.37. The molecule has 1 fully saturated rings. The van der Waals surface area contributed by atoms with Crippen molar-refractivity contribution in [3.05, 3.63) is 103 Å². The lowest BCUT2D eigenvalue weighted by Gasteiger charge is -2.30. The van der Waals surface area contributed by atoms with E-state index in [4.69, 9.17) is 16.7 Å². The molecule has 2 aliphatic rings. The zero-order chi connectivity index (χ0) is 33.1. The number of primary sulfonamides is 1. The van der Waals surface area contributed by atoms with Crippen LogP contribution in [0, 0.1) is 5.92 Å². The van der Waals surface area contributed by atoms with Crippen LogP contribution in [0.4, 0.5) is 24.5 Å². The van der Waals surface area contributed by atoms with Crippen molar-refractivity contribution in [2.24, 2.45) is 11.1 Å². The Labute approximate surface area is 272 Å². The normalized spacial score (nSPS) is 19.6. The highest BCUT2D eigenvalue weighted by molar-refractivity contribution is 8.00. The first kappa shape index (κ1) is 32.0. The summed E-state index contributed by atoms with van der Waals surface area (Å²) in [5.74, 6) is -4.04. The fourth-order valence-corrected chi connectivity index (χ4v) is 8.85. The third-order valence-corrected chi connectivity index (χ3v) is 11.3. The van der Waals surface area contributed by atoms with E-state index in [-0.39, 0.29) is 21.3 Å². The van der Waals surface area contributed by atoms with Gasteiger partial charge in [-0.15, -0.1) is 0 Å². The number of halogens is 4. The van der Waals surface area contributed by atoms with Crippen molar-refractivity contribution < 1.29 is 36.0 Å². The van der Waals surface area contributed by atoms with Crippen molar-refractivity contribution in [2.75, 3.05) is 10.2 Å². The highest BCUT2D eigenvalue weighted by atomic mass is 35.5. The summed E-state index contributed by atoms with van der Waals surface area (Å²) in [6, 6.07) is 15.4. The third kappa shape index (κ3) is 5.86. The number of aromatic nitrogens is 1. The Bertz CT molecular complexity index is 2070. The summed E-state index contributed by atoms with van der Waals surface area (Å²) in [5.41, 5.74) is -0.487. The number of hydrogen-bond donors (Lipinski definition) is 2. The summed E-state index contributed by atoms with van der Waals surface area (Å²) in [5, 5.41) is 7.22. The van der Waals surface area contributed by atoms with Crippen molar-refractivity contribution in [3.8, 4) is 0 Å². The Morgan fingerprint density at radius 2 is 1.65 bits per heavy atom. The number of carbonyl (C=O) groups excluding carboxylic acids is 3. The van der Waals surface area contributed by atoms with Gasteiger partial charge in [0, 0.05) is 21.5 Å². The predicted octanol–water partition coefficient (Wildman–Crippen LogP) is 4.66. The number of hydrogen-bond acceptors (Lipinski definition) is 8. The van der Waals surface area contributed by atoms with Crippen LogP contribution in [0.15, 0.2) is 87.5 Å². The molecule has 3 amide bonds. The molecule has 46 heavy (non-hydrogen) atoms. The SMILES string of the molecule is NS(=O)(=O)c1ccc(NC(=O)Cn2c3c(sc2=O)[C@@H](c2ccc(Cl)cc2)[C@H]2C(=O)N(c4cccc(C(F)(F)F)c4)C(=O)[C@H]2S3)cc1. The lowest BCUT2D eigenvalue weighted by Crippen LogP contribution is -2.33. The number of thioether (sulfide) groups is 1. The van der Waals surface area contributed by atoms with E-state index in [1.165, 1.54) is 34.9 Å². The van der Waals surface area contributed by atoms with Crippen molar-refractivity contribution in [1.29, 1.82) is 0 Å². The van der Waals surface area contributed by atoms with E-state index in [2.05, 4.69) is 5.32 Å². The standard InChI is InChI=1S/C29H20ClF3N4O6S3/c30-16-6-4-14(5-7-16)21-22-23(26(40)37(25(22)39)18-3-1-2-15(12-18)29(31,32)33)44-27-24(21)45-28(41)36(27)13-20(38)35-17-8-10-19(11-9-17)46(34,42)43/h1-12,21-23H,13H2,(H,35,38)(H2,34,42,43)/t21-,22+,23-/m0/s1. The number of carbonyl (C=O) groups is 3. The lowest BCUT2D eigenvalue weighted by molar-refractivity contribution is -0.137. The van der Waals surface area contributed by atoms with Gasteiger partial charge in [-0.2, -0.15) is 13.2 Å². The highest BCUT2D eigenvalue weighted by Crippen LogP contribution is 2.54. The zero-order valence-corrected chi connectivity index (χ0v) is 26.2. The maximum atomic E-state index is 13.9. The molecule has 238 valence electrons. The Morgan fingerprint density at radius 3 is 2.28 bits per heavy atom. The molecular weight excluding hydrogens is 689 g/mol. The topological polar surface area (TPSA) is 149 Å². The Morgan fingerprint density at radius 1 is 0.978 bits per heavy atom. The van der Waals surface area contributed by atoms with Gasteiger partial charge < -0.3 is 5.32 Å². The molecule has 10 nitrogen and oxygen atoms in total. The number of thiazole rings is 1. The minimum atomic E-state index is -4.71. The van der Waals surface area contributed by atoms with Crippen LogP contribution in [0.5, 0.6) is 0 Å². The summed E-state index contributed by atoms with van der Waals surface area (Å²) >= 11 is 7.79. The first-order valence-corrected chi connectivity index (χ1v) is 16.9. The van der Waals surface area contributed by atoms with Crippen LogP contribution in [0.2, 0.25) is 5.02 Å². The maximum absolute atomic E-state index is 13.9. The number of nitrogens with two attached hydrogens (primary N) is 1. The lowest BCUT2D eigenvalue weighted by atomic mass is 9.83. The molecule has 0 radical (unpaired) electrons. The van der Waals surface area contributed by atoms with Gasteiger partial charge in [0.25, 0.3) is 0 Å². The molecule has 0 unspecified atom stereocenters. The van der Waals surface area contributed by atoms with E-state index in [0.29, 0.717) is 15.5 Å². The van der Waals surface area contributed by atoms with Crippen LogP contribution in [0.3, 0.4) is 0 Å². The second kappa shape index (κ2) is 11.7. The molecule has 3 atom stereocenters. The molecule has 3 aromatic carbocycles. The van der Waals surface area contributed by atoms with Gasteiger partial charge in [0.2, 0.25) is 27.7 Å². The number of imide groups is 1. The number of nitrogens with one attached hydrogen (secondary N) is 1. The smallest absolute Gasteiger partial charge is 0.325 e. The largest absolute Gasteiger partial charge is 0.416 e. The van der Waals surface area contributed by atoms with Crippen LogP contribution < -0.4 is 20.2 Å². The first-order valence-electron chi connectivity index (χ1n) is 13.3. The van der Waals surface area contributed by atoms with Gasteiger partial charge in [0.05, 0.1) is 27.1 Å². The minimum Gasteiger partial charge on any atom is -0.325 e. The van der Waals surface area contributed by atoms with Crippen LogP contribution in [-0.2, 0) is 37.1 Å². The van der Waals surface area contributed by atoms with Gasteiger partial charge in [-0.1, -0.05) is 52.9 Å². The van der Waals surface area contributed by atoms with Crippen molar-refractivity contribution in [3.63, 3.8) is 0 Å². The van der Waals surface area contributed by atoms with Crippen LogP contribution in [-0.4, -0.2) is 36.0 Å². The fraction of sp³-hybridized carbons (Fsp3) is 0.172. The molecule has 4 aromatic rings. The molecule has 0 spiro atoms. The number of rotatable bonds is 6. The minimum absolute atomic E-state index is 0.164. The number of fused-ring (bicyclic) bond motifs is 2. The maximum Gasteiger partial charge on any atom is 0.416 e. The quantitative estimate of drug-likeness (QED) is 0.277. The molecule has 1 aromatic heterocycles. The number of anilines is 2. The van der Waals surface area contributed by atoms with Gasteiger partial charge >= 0.3 is 11.0 Å². The van der Waals surface area contributed by atoms with E-state index >= 15 is 0 Å². The second-order valence-corrected chi connectivity index (χ2v) is 14.5. The van der Waals surface area contributed by atoms with E-state index < -0.39 is 68.0 Å². The number of nitrogens with zero attached hydrogens (tertiary/aromatic N) is 2. The van der Waals surface area contributed by atoms with E-state index in [0.717, 1.165) is 46.2 Å². The van der Waals surface area contributed by atoms with Gasteiger partial charge in [0.1, 0.15) is 11.8 Å². The van der Waals surface area contributed by atoms with Crippen molar-refractivity contribution in [2.45, 2.75) is 33.8 Å². The van der Waals surface area contributed by atoms with Crippen LogP contribution >= 0.6 is 34.7 Å². The molecule has 3 heterocycles. The summed E-state index contributed by atoms with van der Waals surface area (Å²) in [6.07, 6.45) is -4.71. The summed E-state index contributed by atoms with van der Waals surface area (Å²) in [6.45, 7) is -0.487. The van der Waals surface area contributed by atoms with Gasteiger partial charge in [-0.3, -0.25) is 23.7 Å². The number of benzene rings is 3. The van der Waals surface area contributed by atoms with Crippen LogP contribution in [0.1, 0.15) is 21.9 Å². The molecule has 6 rings (SSSR count). The first-order chi connectivity index (χ1) is 21.6. The molecular formula is C29H20ClF3N4O6S3. The van der Waals surface area contributed by atoms with Gasteiger partial charge in [0.15, 0.2) is 0 Å². The average Bonchev–Trinajstić information content (AvgIpc) is 3.43. The zero-order valence-electron chi connectivity index (χ0n) is 23.0. The van der Waals surface area contributed by atoms with Crippen molar-refractivity contribution >= 4 is 73.8 Å². The molecule has 0 saturated carbocycles. The molecule has 1 saturated heterocycles. The molecule has 2 aliphatic heterocycles. The van der Waals surface area contributed by atoms with Crippen molar-refractivity contribution in [1.82, 2.24) is 4.57 Å². The summed E-state index contributed by atoms with van der Waals surface area (Å²) < 4.78 is 64.7. The predicted molar refractivity (Wildman–Crippen MR) is 165 cm³/mol. The highest BCUT2D eigenvalue weighted by Gasteiger charge is 2.57. The second-order valence-electron chi connectivity index (χ2n) is 10.4. The van der Waals surface area contributed by atoms with Crippen LogP contribution in [0.25, 0.3) is 0 Å². The Kier molecular flexibility index (Phi) is 8.13. The van der Waals surface area contributed by atoms with E-state index in [1.807, 2.05) is 0 Å². The Hall–Kier alpha value is -3.96. The van der Waals surface area contributed by atoms with Gasteiger partial charge in [-0.05, 0) is 60.2 Å². The van der Waals surface area contributed by atoms with E-state index in [1.54, 1.807) is 24.3 Å². The summed E-state index contributed by atoms with van der Waals surface area (Å²) in [4.78, 5) is 54.5. The number of sulfonamides is 1. The summed E-state index contributed by atoms with van der Waals surface area (Å²) in [7, 11) is -3.95. The number of alkyl halides is 3. The molecule has 0 aliphatic carbocycles. The number of amides is 3. The van der Waals surface area contributed by atoms with Gasteiger partial charge in [-0.25, -0.2) is 18.5 Å². The fourth-order valence-electron chi connectivity index (χ4n) is 5.43. The average molecular weight is 709 g/mol. The van der Waals surface area contributed by atoms with E-state index in [9.17, 15) is 40.8 Å². The molecule has 3 N–H and O–H groups in total. The molecule has 17 heteroatoms.